The number of carbonyl (C=O) groups is 9. The molecule has 3 aliphatic rings. The summed E-state index contributed by atoms with van der Waals surface area (Å²) in [5.41, 5.74) is -6.50. The van der Waals surface area contributed by atoms with E-state index in [1.54, 1.807) is 6.92 Å². The zero-order valence-corrected chi connectivity index (χ0v) is 62.3. The molecule has 5 rings (SSSR count). The van der Waals surface area contributed by atoms with Crippen molar-refractivity contribution in [2.45, 2.75) is 80.9 Å². The molecular formula is C40H45BiK5N5O27. The third kappa shape index (κ3) is 22.4. The number of benzene rings is 1. The molecule has 38 heteroatoms. The molecular weight excluding hydrogens is 1390 g/mol. The molecule has 0 saturated heterocycles. The van der Waals surface area contributed by atoms with Gasteiger partial charge in [-0.2, -0.15) is 0 Å². The van der Waals surface area contributed by atoms with E-state index in [9.17, 15) is 109 Å². The van der Waals surface area contributed by atoms with Gasteiger partial charge in [0, 0.05) is 73.9 Å². The maximum Gasteiger partial charge on any atom is 3.00 e. The topological polar surface area (TPSA) is 604 Å². The Morgan fingerprint density at radius 3 is 1.56 bits per heavy atom. The first-order chi connectivity index (χ1) is 32.0. The summed E-state index contributed by atoms with van der Waals surface area (Å²) in [5.74, 6) is -19.4. The molecule has 0 spiro atoms. The molecule has 32 nitrogen and oxygen atoms in total. The summed E-state index contributed by atoms with van der Waals surface area (Å²) in [5, 5.41) is 152. The molecule has 402 valence electrons. The van der Waals surface area contributed by atoms with Crippen LogP contribution in [0.25, 0.3) is 5.76 Å². The Balaban J connectivity index is -0.000000186. The Morgan fingerprint density at radius 2 is 1.23 bits per heavy atom. The van der Waals surface area contributed by atoms with Gasteiger partial charge in [0.1, 0.15) is 46.8 Å². The van der Waals surface area contributed by atoms with Gasteiger partial charge in [-0.15, -0.1) is 0 Å². The van der Waals surface area contributed by atoms with Crippen molar-refractivity contribution in [1.29, 1.82) is 0 Å². The second-order valence-electron chi connectivity index (χ2n) is 16.1. The summed E-state index contributed by atoms with van der Waals surface area (Å²) in [6, 6.07) is 3.02. The molecule has 5 atom stereocenters. The van der Waals surface area contributed by atoms with Crippen molar-refractivity contribution in [3.8, 4) is 5.75 Å². The second kappa shape index (κ2) is 39.0. The second-order valence-corrected chi connectivity index (χ2v) is 16.1. The molecule has 1 aromatic carbocycles. The van der Waals surface area contributed by atoms with E-state index < -0.39 is 153 Å². The Labute approximate surface area is 672 Å². The SMILES string of the molecule is CN(C)[C@@H]1C(=O)C(C(N)=O)=C(O)[C@@]2(O)C(=O)C3=C(O)c4c(O)cccc4[C@@](C)(O)C3C[C@@H]12.Cc1ncc([N+](=O)[O-])n1CCO.O=C([O-])CC(O)(CC(=O)[O-])C(=O)[O-].O=C([O-])CC(O)(CC(=O)[O-])C(=O)[O-].[Bi+3].[K+].[K+].[K+].[K+].[K+].[OH-].[OH-]. The van der Waals surface area contributed by atoms with Crippen molar-refractivity contribution < 1.29 is 387 Å². The van der Waals surface area contributed by atoms with E-state index in [0.29, 0.717) is 5.82 Å². The molecule has 2 radical (unpaired) electrons. The molecule has 1 heterocycles. The normalized spacial score (nSPS) is 19.3. The zero-order chi connectivity index (χ0) is 54.3. The molecule has 1 fully saturated rings. The largest absolute Gasteiger partial charge is 3.00 e. The molecule has 2 aromatic rings. The minimum Gasteiger partial charge on any atom is -0.870 e. The fourth-order valence-corrected chi connectivity index (χ4v) is 7.85. The molecule has 12 N–H and O–H groups in total. The van der Waals surface area contributed by atoms with Crippen LogP contribution in [0, 0.1) is 28.9 Å². The van der Waals surface area contributed by atoms with E-state index in [2.05, 4.69) is 4.98 Å². The smallest absolute Gasteiger partial charge is 0.870 e. The van der Waals surface area contributed by atoms with Gasteiger partial charge >= 0.3 is 289 Å². The molecule has 0 bridgehead atoms. The van der Waals surface area contributed by atoms with Crippen LogP contribution in [-0.2, 0) is 55.3 Å². The Bertz CT molecular complexity index is 2490. The number of fused-ring (bicyclic) bond motifs is 3. The van der Waals surface area contributed by atoms with Gasteiger partial charge in [-0.3, -0.25) is 19.3 Å². The number of amides is 1. The number of ketones is 2. The number of aromatic nitrogens is 2. The third-order valence-electron chi connectivity index (χ3n) is 11.1. The number of aromatic hydroxyl groups is 1. The number of phenolic OH excluding ortho intramolecular Hbond substituents is 1. The predicted octanol–water partition coefficient (Wildman–Crippen LogP) is -26.5. The number of nitro groups is 1. The third-order valence-corrected chi connectivity index (χ3v) is 11.1. The van der Waals surface area contributed by atoms with Crippen LogP contribution in [-0.4, -0.2) is 194 Å². The zero-order valence-electron chi connectivity index (χ0n) is 43.2. The van der Waals surface area contributed by atoms with E-state index >= 15 is 0 Å². The van der Waals surface area contributed by atoms with Crippen LogP contribution in [0.3, 0.4) is 0 Å². The quantitative estimate of drug-likeness (QED) is 0.0346. The number of carboxylic acid groups (broad SMARTS) is 6. The van der Waals surface area contributed by atoms with Crippen LogP contribution in [0.15, 0.2) is 41.3 Å². The number of nitrogens with zero attached hydrogens (tertiary/aromatic N) is 4. The number of aryl methyl sites for hydroxylation is 1. The molecule has 3 aliphatic carbocycles. The molecule has 1 saturated carbocycles. The van der Waals surface area contributed by atoms with Crippen LogP contribution in [0.1, 0.15) is 56.0 Å². The van der Waals surface area contributed by atoms with E-state index in [4.69, 9.17) is 21.1 Å². The number of imidazole rings is 1. The average molecular weight is 1430 g/mol. The maximum atomic E-state index is 13.7. The summed E-state index contributed by atoms with van der Waals surface area (Å²) in [7, 11) is 3.01. The fourth-order valence-electron chi connectivity index (χ4n) is 7.85. The molecule has 1 amide bonds. The first-order valence-corrected chi connectivity index (χ1v) is 19.6. The number of hydrogen-bond donors (Lipinski definition) is 9. The molecule has 1 unspecified atom stereocenters. The number of carboxylic acids is 6. The average Bonchev–Trinajstić information content (AvgIpc) is 3.57. The number of aliphatic hydroxyl groups is 7. The van der Waals surface area contributed by atoms with E-state index in [1.165, 1.54) is 54.9 Å². The number of aliphatic carboxylic acids is 6. The monoisotopic (exact) mass is 1430 g/mol. The van der Waals surface area contributed by atoms with Crippen molar-refractivity contribution in [3.05, 3.63) is 68.4 Å². The number of rotatable bonds is 15. The van der Waals surface area contributed by atoms with Crippen molar-refractivity contribution in [2.75, 3.05) is 20.7 Å². The van der Waals surface area contributed by atoms with Gasteiger partial charge < -0.3 is 127 Å². The molecule has 78 heavy (non-hydrogen) atoms. The Hall–Kier alpha value is 1.08. The number of nitrogens with two attached hydrogens (primary N) is 1. The minimum atomic E-state index is -2.97. The van der Waals surface area contributed by atoms with Crippen LogP contribution >= 0.6 is 0 Å². The van der Waals surface area contributed by atoms with Crippen LogP contribution in [0.5, 0.6) is 5.75 Å². The molecule has 0 aliphatic heterocycles. The van der Waals surface area contributed by atoms with Gasteiger partial charge in [0.25, 0.3) is 5.91 Å². The van der Waals surface area contributed by atoms with Gasteiger partial charge in [0.15, 0.2) is 17.2 Å². The van der Waals surface area contributed by atoms with Gasteiger partial charge in [0.05, 0.1) is 35.8 Å². The van der Waals surface area contributed by atoms with E-state index in [0.717, 1.165) is 0 Å². The fraction of sp³-hybridized carbons (Fsp3) is 0.450. The Kier molecular flexibility index (Phi) is 46.4. The number of phenols is 1. The van der Waals surface area contributed by atoms with Gasteiger partial charge in [-0.25, -0.2) is 9.55 Å². The predicted molar refractivity (Wildman–Crippen MR) is 219 cm³/mol. The van der Waals surface area contributed by atoms with Gasteiger partial charge in [0.2, 0.25) is 5.78 Å². The van der Waals surface area contributed by atoms with Crippen molar-refractivity contribution >= 4 is 91.1 Å². The first-order valence-electron chi connectivity index (χ1n) is 19.6. The van der Waals surface area contributed by atoms with Gasteiger partial charge in [-0.1, -0.05) is 12.1 Å². The van der Waals surface area contributed by atoms with Crippen molar-refractivity contribution in [1.82, 2.24) is 14.5 Å². The van der Waals surface area contributed by atoms with Crippen molar-refractivity contribution in [3.63, 3.8) is 0 Å². The number of likely N-dealkylation sites (N-methyl/N-ethyl adjacent to an activating group) is 1. The number of Topliss-reactive ketones (excluding diaryl/α,β-unsaturated/α-hetero) is 2. The van der Waals surface area contributed by atoms with Crippen molar-refractivity contribution in [2.24, 2.45) is 17.6 Å². The van der Waals surface area contributed by atoms with Crippen LogP contribution < -0.4 is 293 Å². The maximum absolute atomic E-state index is 13.7. The standard InChI is InChI=1S/C22H24N2O8.C6H9N3O3.2C6H8O7.Bi.5K.2H2O/c1-21(31)8-5-4-6-11(25)12(8)16(26)13-9(21)7-10-15(24(2)3)17(27)14(20(23)30)19(29)22(10,32)18(13)28;1-5-7-4-6(9(11)12)8(5)2-3-10;2*7-3(8)1-6(13,5(11)12)2-4(9)10;;;;;;;;/h4-6,9-10,15,25-26,29,31-32H,7H2,1-3H3,(H2,23,30);4,10H,2-3H2,1H3;2*13H,1-2H2,(H,7,8)(H,9,10)(H,11,12);;;;;;;2*1H2/q;;;;+3;5*+1;;/p-8/t9?,10-,15-,21+,22-;;;;;;;;;;;/m0.........../s1. The minimum absolute atomic E-state index is 0. The van der Waals surface area contributed by atoms with Crippen LogP contribution in [0.2, 0.25) is 0 Å². The van der Waals surface area contributed by atoms with Gasteiger partial charge in [-0.05, 0) is 44.0 Å². The number of hydrogen-bond acceptors (Lipinski definition) is 29. The number of aliphatic hydroxyl groups excluding tert-OH is 3. The van der Waals surface area contributed by atoms with E-state index in [-0.39, 0.29) is 331 Å². The summed E-state index contributed by atoms with van der Waals surface area (Å²) in [4.78, 5) is 114. The van der Waals surface area contributed by atoms with Crippen LogP contribution in [0.4, 0.5) is 5.82 Å². The Morgan fingerprint density at radius 1 is 0.821 bits per heavy atom. The summed E-state index contributed by atoms with van der Waals surface area (Å²) >= 11 is 0. The summed E-state index contributed by atoms with van der Waals surface area (Å²) in [6.07, 6.45) is -4.45. The first kappa shape index (κ1) is 92.8. The van der Waals surface area contributed by atoms with E-state index in [1.807, 2.05) is 0 Å². The number of carbonyl (C=O) groups excluding carboxylic acids is 9. The molecule has 1 aromatic heterocycles. The number of primary amides is 1. The summed E-state index contributed by atoms with van der Waals surface area (Å²) in [6.45, 7) is 3.14. The summed E-state index contributed by atoms with van der Waals surface area (Å²) < 4.78 is 1.36.